The van der Waals surface area contributed by atoms with E-state index in [1.54, 1.807) is 6.92 Å². The highest BCUT2D eigenvalue weighted by molar-refractivity contribution is 5.85. The molecule has 5 nitrogen and oxygen atoms in total. The van der Waals surface area contributed by atoms with E-state index in [4.69, 9.17) is 9.15 Å². The molecule has 1 aliphatic rings. The lowest BCUT2D eigenvalue weighted by molar-refractivity contribution is 0.0339. The Morgan fingerprint density at radius 1 is 1.24 bits per heavy atom. The number of nitrogens with zero attached hydrogens (tertiary/aromatic N) is 1. The van der Waals surface area contributed by atoms with Gasteiger partial charge in [0.15, 0.2) is 0 Å². The standard InChI is InChI=1S/C16H19NO4/c1-10-7-14(18)21-16-11(2)15(19)12(8-13(10)16)9-17-3-5-20-6-4-17/h7-8,19H,3-6,9H2,1-2H3. The summed E-state index contributed by atoms with van der Waals surface area (Å²) in [6.07, 6.45) is 0. The summed E-state index contributed by atoms with van der Waals surface area (Å²) in [5.74, 6) is 0.211. The second-order valence-corrected chi connectivity index (χ2v) is 5.52. The predicted octanol–water partition coefficient (Wildman–Crippen LogP) is 1.95. The SMILES string of the molecule is Cc1cc(=O)oc2c(C)c(O)c(CN3CCOCC3)cc12. The Hall–Kier alpha value is -1.85. The Kier molecular flexibility index (Phi) is 3.69. The summed E-state index contributed by atoms with van der Waals surface area (Å²) in [5.41, 5.74) is 2.44. The van der Waals surface area contributed by atoms with Gasteiger partial charge in [0, 0.05) is 42.2 Å². The van der Waals surface area contributed by atoms with Gasteiger partial charge in [0.05, 0.1) is 13.2 Å². The van der Waals surface area contributed by atoms with Gasteiger partial charge in [-0.15, -0.1) is 0 Å². The molecule has 2 aromatic rings. The number of rotatable bonds is 2. The number of benzene rings is 1. The molecule has 0 unspecified atom stereocenters. The maximum absolute atomic E-state index is 11.5. The number of phenolic OH excluding ortho intramolecular Hbond substituents is 1. The Bertz CT molecular complexity index is 729. The molecule has 0 spiro atoms. The first-order valence-corrected chi connectivity index (χ1v) is 7.12. The second-order valence-electron chi connectivity index (χ2n) is 5.52. The Morgan fingerprint density at radius 2 is 1.95 bits per heavy atom. The van der Waals surface area contributed by atoms with Gasteiger partial charge in [0.25, 0.3) is 0 Å². The average Bonchev–Trinajstić information content (AvgIpc) is 2.47. The normalized spacial score (nSPS) is 16.5. The summed E-state index contributed by atoms with van der Waals surface area (Å²) in [6.45, 7) is 7.50. The molecule has 0 saturated carbocycles. The average molecular weight is 289 g/mol. The van der Waals surface area contributed by atoms with Crippen LogP contribution in [0.2, 0.25) is 0 Å². The third kappa shape index (κ3) is 2.66. The lowest BCUT2D eigenvalue weighted by Gasteiger charge is -2.27. The van der Waals surface area contributed by atoms with E-state index in [2.05, 4.69) is 4.90 Å². The van der Waals surface area contributed by atoms with Crippen molar-refractivity contribution in [2.45, 2.75) is 20.4 Å². The minimum absolute atomic E-state index is 0.211. The van der Waals surface area contributed by atoms with Crippen molar-refractivity contribution in [2.24, 2.45) is 0 Å². The summed E-state index contributed by atoms with van der Waals surface area (Å²) in [7, 11) is 0. The minimum atomic E-state index is -0.386. The number of aryl methyl sites for hydroxylation is 2. The molecule has 0 radical (unpaired) electrons. The van der Waals surface area contributed by atoms with E-state index in [0.29, 0.717) is 17.7 Å². The third-order valence-electron chi connectivity index (χ3n) is 4.02. The van der Waals surface area contributed by atoms with Crippen LogP contribution in [0.15, 0.2) is 21.3 Å². The number of hydrogen-bond acceptors (Lipinski definition) is 5. The highest BCUT2D eigenvalue weighted by Crippen LogP contribution is 2.32. The van der Waals surface area contributed by atoms with E-state index >= 15 is 0 Å². The molecule has 5 heteroatoms. The number of hydrogen-bond donors (Lipinski definition) is 1. The van der Waals surface area contributed by atoms with E-state index in [0.717, 1.165) is 42.8 Å². The quantitative estimate of drug-likeness (QED) is 0.856. The van der Waals surface area contributed by atoms with Crippen molar-refractivity contribution < 1.29 is 14.3 Å². The first kappa shape index (κ1) is 14.1. The topological polar surface area (TPSA) is 62.9 Å². The summed E-state index contributed by atoms with van der Waals surface area (Å²) >= 11 is 0. The summed E-state index contributed by atoms with van der Waals surface area (Å²) < 4.78 is 10.6. The van der Waals surface area contributed by atoms with Gasteiger partial charge in [-0.25, -0.2) is 4.79 Å². The molecule has 1 fully saturated rings. The largest absolute Gasteiger partial charge is 0.507 e. The second kappa shape index (κ2) is 5.50. The molecule has 0 atom stereocenters. The van der Waals surface area contributed by atoms with Gasteiger partial charge < -0.3 is 14.3 Å². The van der Waals surface area contributed by atoms with Crippen molar-refractivity contribution >= 4 is 11.0 Å². The fraction of sp³-hybridized carbons (Fsp3) is 0.438. The van der Waals surface area contributed by atoms with Crippen molar-refractivity contribution in [2.75, 3.05) is 26.3 Å². The van der Waals surface area contributed by atoms with Crippen LogP contribution in [-0.4, -0.2) is 36.3 Å². The lowest BCUT2D eigenvalue weighted by atomic mass is 10.0. The van der Waals surface area contributed by atoms with E-state index < -0.39 is 0 Å². The van der Waals surface area contributed by atoms with Crippen molar-refractivity contribution in [3.05, 3.63) is 39.2 Å². The van der Waals surface area contributed by atoms with E-state index in [9.17, 15) is 9.90 Å². The summed E-state index contributed by atoms with van der Waals surface area (Å²) in [5, 5.41) is 11.3. The van der Waals surface area contributed by atoms with Crippen LogP contribution in [0.5, 0.6) is 5.75 Å². The Balaban J connectivity index is 2.06. The maximum Gasteiger partial charge on any atom is 0.336 e. The van der Waals surface area contributed by atoms with Gasteiger partial charge >= 0.3 is 5.63 Å². The van der Waals surface area contributed by atoms with Crippen LogP contribution in [-0.2, 0) is 11.3 Å². The third-order valence-corrected chi connectivity index (χ3v) is 4.02. The number of morpholine rings is 1. The van der Waals surface area contributed by atoms with Gasteiger partial charge in [-0.05, 0) is 25.5 Å². The number of phenols is 1. The van der Waals surface area contributed by atoms with Crippen LogP contribution >= 0.6 is 0 Å². The Morgan fingerprint density at radius 3 is 2.67 bits per heavy atom. The van der Waals surface area contributed by atoms with Gasteiger partial charge in [-0.3, -0.25) is 4.90 Å². The molecule has 0 aliphatic carbocycles. The van der Waals surface area contributed by atoms with Crippen LogP contribution in [0.25, 0.3) is 11.0 Å². The van der Waals surface area contributed by atoms with Crippen LogP contribution in [0.4, 0.5) is 0 Å². The molecule has 1 aromatic carbocycles. The summed E-state index contributed by atoms with van der Waals surface area (Å²) in [4.78, 5) is 13.7. The van der Waals surface area contributed by atoms with Crippen LogP contribution in [0, 0.1) is 13.8 Å². The Labute approximate surface area is 122 Å². The van der Waals surface area contributed by atoms with Crippen LogP contribution in [0.1, 0.15) is 16.7 Å². The van der Waals surface area contributed by atoms with Gasteiger partial charge in [0.2, 0.25) is 0 Å². The summed E-state index contributed by atoms with van der Waals surface area (Å²) in [6, 6.07) is 3.41. The number of ether oxygens (including phenoxy) is 1. The van der Waals surface area contributed by atoms with Crippen LogP contribution < -0.4 is 5.63 Å². The molecule has 1 saturated heterocycles. The molecule has 1 aromatic heterocycles. The molecule has 1 N–H and O–H groups in total. The molecule has 3 rings (SSSR count). The van der Waals surface area contributed by atoms with Crippen molar-refractivity contribution in [1.82, 2.24) is 4.90 Å². The molecule has 112 valence electrons. The predicted molar refractivity (Wildman–Crippen MR) is 79.7 cm³/mol. The molecule has 21 heavy (non-hydrogen) atoms. The zero-order chi connectivity index (χ0) is 15.0. The van der Waals surface area contributed by atoms with Gasteiger partial charge in [-0.1, -0.05) is 0 Å². The van der Waals surface area contributed by atoms with Crippen molar-refractivity contribution in [1.29, 1.82) is 0 Å². The molecule has 1 aliphatic heterocycles. The first-order valence-electron chi connectivity index (χ1n) is 7.12. The zero-order valence-corrected chi connectivity index (χ0v) is 12.3. The number of aromatic hydroxyl groups is 1. The van der Waals surface area contributed by atoms with Gasteiger partial charge in [-0.2, -0.15) is 0 Å². The minimum Gasteiger partial charge on any atom is -0.507 e. The highest BCUT2D eigenvalue weighted by atomic mass is 16.5. The van der Waals surface area contributed by atoms with Crippen molar-refractivity contribution in [3.8, 4) is 5.75 Å². The van der Waals surface area contributed by atoms with Crippen molar-refractivity contribution in [3.63, 3.8) is 0 Å². The molecule has 2 heterocycles. The molecule has 0 bridgehead atoms. The maximum atomic E-state index is 11.5. The zero-order valence-electron chi connectivity index (χ0n) is 12.3. The fourth-order valence-corrected chi connectivity index (χ4v) is 2.79. The smallest absolute Gasteiger partial charge is 0.336 e. The van der Waals surface area contributed by atoms with E-state index in [1.165, 1.54) is 6.07 Å². The molecular formula is C16H19NO4. The van der Waals surface area contributed by atoms with E-state index in [1.807, 2.05) is 13.0 Å². The molecular weight excluding hydrogens is 270 g/mol. The lowest BCUT2D eigenvalue weighted by Crippen LogP contribution is -2.35. The number of fused-ring (bicyclic) bond motifs is 1. The fourth-order valence-electron chi connectivity index (χ4n) is 2.79. The van der Waals surface area contributed by atoms with Crippen LogP contribution in [0.3, 0.4) is 0 Å². The monoisotopic (exact) mass is 289 g/mol. The highest BCUT2D eigenvalue weighted by Gasteiger charge is 2.17. The van der Waals surface area contributed by atoms with E-state index in [-0.39, 0.29) is 11.4 Å². The van der Waals surface area contributed by atoms with Gasteiger partial charge in [0.1, 0.15) is 11.3 Å². The molecule has 0 amide bonds. The first-order chi connectivity index (χ1) is 10.1.